The number of nitrogens with one attached hydrogen (secondary N) is 2. The first-order valence-electron chi connectivity index (χ1n) is 8.92. The number of carbonyl (C=O) groups is 3. The van der Waals surface area contributed by atoms with Gasteiger partial charge in [-0.2, -0.15) is 5.10 Å². The van der Waals surface area contributed by atoms with Crippen molar-refractivity contribution in [1.29, 1.82) is 0 Å². The quantitative estimate of drug-likeness (QED) is 0.423. The van der Waals surface area contributed by atoms with Gasteiger partial charge in [0.25, 0.3) is 0 Å². The smallest absolute Gasteiger partial charge is 0.481 e. The van der Waals surface area contributed by atoms with Gasteiger partial charge in [0.1, 0.15) is 16.6 Å². The maximum absolute atomic E-state index is 12.5. The second-order valence-electron chi connectivity index (χ2n) is 7.27. The predicted octanol–water partition coefficient (Wildman–Crippen LogP) is 3.33. The Bertz CT molecular complexity index is 959. The van der Waals surface area contributed by atoms with Crippen molar-refractivity contribution < 1.29 is 42.1 Å². The predicted molar refractivity (Wildman–Crippen MR) is 110 cm³/mol. The number of halogens is 3. The SMILES string of the molecule is CC(C)(C)OC(=O)Nc1ccc(OC(F)(F)F)cc1C=NN=C1NC(=O)C(CC(=O)O)S1. The lowest BCUT2D eigenvalue weighted by Gasteiger charge is -2.20. The number of ether oxygens (including phenoxy) is 2. The number of amides is 2. The molecule has 2 rings (SSSR count). The summed E-state index contributed by atoms with van der Waals surface area (Å²) in [6, 6.07) is 3.12. The summed E-state index contributed by atoms with van der Waals surface area (Å²) in [5, 5.41) is 20.1. The number of carboxylic acids is 1. The van der Waals surface area contributed by atoms with E-state index in [9.17, 15) is 27.6 Å². The van der Waals surface area contributed by atoms with Crippen LogP contribution < -0.4 is 15.4 Å². The van der Waals surface area contributed by atoms with E-state index in [1.807, 2.05) is 0 Å². The molecule has 0 bridgehead atoms. The second-order valence-corrected chi connectivity index (χ2v) is 8.46. The van der Waals surface area contributed by atoms with Crippen molar-refractivity contribution in [2.75, 3.05) is 5.32 Å². The zero-order valence-electron chi connectivity index (χ0n) is 17.0. The first-order valence-corrected chi connectivity index (χ1v) is 9.80. The lowest BCUT2D eigenvalue weighted by Crippen LogP contribution is -2.27. The highest BCUT2D eigenvalue weighted by Gasteiger charge is 2.32. The summed E-state index contributed by atoms with van der Waals surface area (Å²) in [4.78, 5) is 34.5. The summed E-state index contributed by atoms with van der Waals surface area (Å²) in [6.07, 6.45) is -5.17. The van der Waals surface area contributed by atoms with Crippen LogP contribution in [-0.4, -0.2) is 51.7 Å². The zero-order chi connectivity index (χ0) is 24.1. The van der Waals surface area contributed by atoms with Crippen LogP contribution in [0.5, 0.6) is 5.75 Å². The number of benzene rings is 1. The number of aliphatic carboxylic acids is 1. The van der Waals surface area contributed by atoms with Gasteiger partial charge in [0.05, 0.1) is 18.3 Å². The van der Waals surface area contributed by atoms with Crippen LogP contribution in [0.15, 0.2) is 28.4 Å². The van der Waals surface area contributed by atoms with Crippen LogP contribution in [0.25, 0.3) is 0 Å². The molecule has 1 fully saturated rings. The average Bonchev–Trinajstić information content (AvgIpc) is 2.93. The van der Waals surface area contributed by atoms with Crippen LogP contribution in [0.3, 0.4) is 0 Å². The van der Waals surface area contributed by atoms with Crippen molar-refractivity contribution in [3.63, 3.8) is 0 Å². The topological polar surface area (TPSA) is 139 Å². The molecule has 1 aliphatic heterocycles. The van der Waals surface area contributed by atoms with E-state index in [2.05, 4.69) is 25.6 Å². The lowest BCUT2D eigenvalue weighted by atomic mass is 10.2. The largest absolute Gasteiger partial charge is 0.573 e. The number of hydrogen-bond acceptors (Lipinski definition) is 8. The highest BCUT2D eigenvalue weighted by molar-refractivity contribution is 8.15. The Hall–Kier alpha value is -3.29. The van der Waals surface area contributed by atoms with Crippen molar-refractivity contribution >= 4 is 46.8 Å². The highest BCUT2D eigenvalue weighted by Crippen LogP contribution is 2.27. The number of alkyl halides is 3. The van der Waals surface area contributed by atoms with E-state index in [0.29, 0.717) is 0 Å². The molecule has 0 aliphatic carbocycles. The average molecular weight is 476 g/mol. The molecule has 3 N–H and O–H groups in total. The highest BCUT2D eigenvalue weighted by atomic mass is 32.2. The fourth-order valence-electron chi connectivity index (χ4n) is 2.26. The fraction of sp³-hybridized carbons (Fsp3) is 0.389. The van der Waals surface area contributed by atoms with Crippen LogP contribution in [0.4, 0.5) is 23.7 Å². The molecule has 1 atom stereocenters. The summed E-state index contributed by atoms with van der Waals surface area (Å²) < 4.78 is 46.6. The van der Waals surface area contributed by atoms with E-state index in [-0.39, 0.29) is 16.4 Å². The molecule has 10 nitrogen and oxygen atoms in total. The molecule has 1 heterocycles. The summed E-state index contributed by atoms with van der Waals surface area (Å²) in [6.45, 7) is 4.91. The molecule has 1 saturated heterocycles. The Kier molecular flexibility index (Phi) is 7.72. The minimum Gasteiger partial charge on any atom is -0.481 e. The number of carboxylic acid groups (broad SMARTS) is 1. The molecule has 0 radical (unpaired) electrons. The molecular formula is C18H19F3N4O6S. The number of nitrogens with zero attached hydrogens (tertiary/aromatic N) is 2. The van der Waals surface area contributed by atoms with Gasteiger partial charge in [-0.05, 0) is 39.0 Å². The molecule has 1 unspecified atom stereocenters. The van der Waals surface area contributed by atoms with Gasteiger partial charge >= 0.3 is 18.4 Å². The maximum atomic E-state index is 12.5. The van der Waals surface area contributed by atoms with Crippen LogP contribution in [-0.2, 0) is 14.3 Å². The Balaban J connectivity index is 2.24. The Morgan fingerprint density at radius 1 is 1.31 bits per heavy atom. The van der Waals surface area contributed by atoms with Crippen molar-refractivity contribution in [2.24, 2.45) is 10.2 Å². The van der Waals surface area contributed by atoms with E-state index in [1.54, 1.807) is 20.8 Å². The molecule has 2 amide bonds. The minimum atomic E-state index is -4.93. The van der Waals surface area contributed by atoms with Crippen LogP contribution in [0.1, 0.15) is 32.8 Å². The normalized spacial score (nSPS) is 18.0. The number of thioether (sulfide) groups is 1. The first kappa shape index (κ1) is 25.0. The van der Waals surface area contributed by atoms with Crippen LogP contribution >= 0.6 is 11.8 Å². The first-order chi connectivity index (χ1) is 14.7. The Morgan fingerprint density at radius 2 is 2.00 bits per heavy atom. The molecule has 0 aromatic heterocycles. The van der Waals surface area contributed by atoms with E-state index in [0.717, 1.165) is 36.2 Å². The summed E-state index contributed by atoms with van der Waals surface area (Å²) in [5.41, 5.74) is -0.753. The molecule has 1 aromatic rings. The third-order valence-electron chi connectivity index (χ3n) is 3.37. The molecule has 1 aliphatic rings. The number of anilines is 1. The molecular weight excluding hydrogens is 457 g/mol. The molecule has 32 heavy (non-hydrogen) atoms. The van der Waals surface area contributed by atoms with Gasteiger partial charge < -0.3 is 19.9 Å². The Morgan fingerprint density at radius 3 is 2.59 bits per heavy atom. The van der Waals surface area contributed by atoms with E-state index >= 15 is 0 Å². The van der Waals surface area contributed by atoms with Gasteiger partial charge in [-0.3, -0.25) is 14.9 Å². The van der Waals surface area contributed by atoms with Gasteiger partial charge in [0.2, 0.25) is 5.91 Å². The molecule has 0 saturated carbocycles. The van der Waals surface area contributed by atoms with Crippen molar-refractivity contribution in [2.45, 2.75) is 44.4 Å². The fourth-order valence-corrected chi connectivity index (χ4v) is 3.18. The minimum absolute atomic E-state index is 0.00151. The third-order valence-corrected chi connectivity index (χ3v) is 4.45. The number of hydrogen-bond donors (Lipinski definition) is 3. The van der Waals surface area contributed by atoms with Crippen molar-refractivity contribution in [3.8, 4) is 5.75 Å². The summed E-state index contributed by atoms with van der Waals surface area (Å²) in [5.74, 6) is -2.28. The molecule has 0 spiro atoms. The van der Waals surface area contributed by atoms with E-state index in [4.69, 9.17) is 9.84 Å². The van der Waals surface area contributed by atoms with Crippen LogP contribution in [0, 0.1) is 0 Å². The second kappa shape index (κ2) is 9.89. The number of amidine groups is 1. The van der Waals surface area contributed by atoms with Gasteiger partial charge in [-0.25, -0.2) is 4.79 Å². The monoisotopic (exact) mass is 476 g/mol. The number of rotatable bonds is 6. The summed E-state index contributed by atoms with van der Waals surface area (Å²) >= 11 is 0.846. The molecule has 14 heteroatoms. The number of carbonyl (C=O) groups excluding carboxylic acids is 2. The van der Waals surface area contributed by atoms with Gasteiger partial charge in [0.15, 0.2) is 5.17 Å². The molecule has 174 valence electrons. The summed E-state index contributed by atoms with van der Waals surface area (Å²) in [7, 11) is 0. The Labute approximate surface area is 184 Å². The molecule has 1 aromatic carbocycles. The zero-order valence-corrected chi connectivity index (χ0v) is 17.8. The third kappa shape index (κ3) is 8.45. The van der Waals surface area contributed by atoms with Crippen molar-refractivity contribution in [3.05, 3.63) is 23.8 Å². The van der Waals surface area contributed by atoms with E-state index < -0.39 is 47.4 Å². The van der Waals surface area contributed by atoms with Gasteiger partial charge in [-0.15, -0.1) is 18.3 Å². The maximum Gasteiger partial charge on any atom is 0.573 e. The van der Waals surface area contributed by atoms with E-state index in [1.165, 1.54) is 0 Å². The van der Waals surface area contributed by atoms with Crippen molar-refractivity contribution in [1.82, 2.24) is 5.32 Å². The standard InChI is InChI=1S/C18H19F3N4O6S/c1-17(2,3)31-16(29)23-11-5-4-10(30-18(19,20)21)6-9(11)8-22-25-15-24-14(28)12(32-15)7-13(26)27/h4-6,8,12H,7H2,1-3H3,(H,23,29)(H,26,27)(H,24,25,28). The van der Waals surface area contributed by atoms with Gasteiger partial charge in [-0.1, -0.05) is 11.8 Å². The van der Waals surface area contributed by atoms with Crippen LogP contribution in [0.2, 0.25) is 0 Å². The van der Waals surface area contributed by atoms with Gasteiger partial charge in [0, 0.05) is 5.56 Å². The lowest BCUT2D eigenvalue weighted by molar-refractivity contribution is -0.274.